The maximum Gasteiger partial charge on any atom is 0.334 e. The summed E-state index contributed by atoms with van der Waals surface area (Å²) < 4.78 is 21.8. The fourth-order valence-corrected chi connectivity index (χ4v) is 4.58. The van der Waals surface area contributed by atoms with Gasteiger partial charge in [0.2, 0.25) is 0 Å². The maximum absolute atomic E-state index is 5.45. The first kappa shape index (κ1) is 17.3. The zero-order chi connectivity index (χ0) is 13.4. The molecule has 0 spiro atoms. The normalized spacial score (nSPS) is 13.1. The zero-order valence-corrected chi connectivity index (χ0v) is 14.2. The van der Waals surface area contributed by atoms with Crippen molar-refractivity contribution in [2.45, 2.75) is 44.4 Å². The molecule has 6 heteroatoms. The Morgan fingerprint density at radius 2 is 0.882 bits per heavy atom. The summed E-state index contributed by atoms with van der Waals surface area (Å²) in [5.74, 6) is 0. The molecule has 0 fully saturated rings. The van der Waals surface area contributed by atoms with E-state index in [0.717, 1.165) is 24.9 Å². The molecule has 0 bridgehead atoms. The van der Waals surface area contributed by atoms with E-state index in [1.54, 1.807) is 28.4 Å². The first-order valence-corrected chi connectivity index (χ1v) is 11.2. The van der Waals surface area contributed by atoms with E-state index in [1.807, 2.05) is 0 Å². The molecule has 0 amide bonds. The van der Waals surface area contributed by atoms with E-state index in [2.05, 4.69) is 13.1 Å². The molecule has 0 aliphatic carbocycles. The molecule has 4 nitrogen and oxygen atoms in total. The SMILES string of the molecule is CO[Si](C)(CCCCC[Si](C)(OC)OC)OC. The number of rotatable bonds is 10. The highest BCUT2D eigenvalue weighted by Crippen LogP contribution is 2.20. The highest BCUT2D eigenvalue weighted by atomic mass is 28.4. The second-order valence-corrected chi connectivity index (χ2v) is 11.8. The van der Waals surface area contributed by atoms with Crippen molar-refractivity contribution in [3.05, 3.63) is 0 Å². The summed E-state index contributed by atoms with van der Waals surface area (Å²) in [5.41, 5.74) is 0. The Balaban J connectivity index is 3.72. The minimum absolute atomic E-state index is 1.05. The van der Waals surface area contributed by atoms with Crippen LogP contribution >= 0.6 is 0 Å². The monoisotopic (exact) mass is 280 g/mol. The van der Waals surface area contributed by atoms with Gasteiger partial charge in [0, 0.05) is 28.4 Å². The first-order valence-electron chi connectivity index (χ1n) is 6.16. The lowest BCUT2D eigenvalue weighted by atomic mass is 10.3. The van der Waals surface area contributed by atoms with E-state index in [4.69, 9.17) is 17.7 Å². The molecule has 0 aromatic carbocycles. The van der Waals surface area contributed by atoms with Gasteiger partial charge in [-0.05, 0) is 25.2 Å². The van der Waals surface area contributed by atoms with Gasteiger partial charge in [0.05, 0.1) is 0 Å². The van der Waals surface area contributed by atoms with Crippen molar-refractivity contribution in [1.29, 1.82) is 0 Å². The Hall–Kier alpha value is 0.274. The topological polar surface area (TPSA) is 36.9 Å². The molecular formula is C11H28O4Si2. The average molecular weight is 281 g/mol. The van der Waals surface area contributed by atoms with Crippen LogP contribution < -0.4 is 0 Å². The van der Waals surface area contributed by atoms with Crippen molar-refractivity contribution in [1.82, 2.24) is 0 Å². The van der Waals surface area contributed by atoms with Gasteiger partial charge in [-0.3, -0.25) is 0 Å². The van der Waals surface area contributed by atoms with E-state index in [-0.39, 0.29) is 0 Å². The molecule has 0 N–H and O–H groups in total. The van der Waals surface area contributed by atoms with Crippen LogP contribution in [0.2, 0.25) is 25.2 Å². The molecule has 0 aromatic heterocycles. The number of hydrogen-bond donors (Lipinski definition) is 0. The van der Waals surface area contributed by atoms with Gasteiger partial charge >= 0.3 is 17.1 Å². The Labute approximate surface area is 108 Å². The van der Waals surface area contributed by atoms with Gasteiger partial charge < -0.3 is 17.7 Å². The molecule has 0 rings (SSSR count). The third kappa shape index (κ3) is 6.68. The fourth-order valence-electron chi connectivity index (χ4n) is 1.64. The van der Waals surface area contributed by atoms with Crippen LogP contribution in [0.5, 0.6) is 0 Å². The molecule has 0 aromatic rings. The third-order valence-corrected chi connectivity index (χ3v) is 9.47. The molecule has 0 saturated heterocycles. The molecule has 17 heavy (non-hydrogen) atoms. The van der Waals surface area contributed by atoms with Gasteiger partial charge in [0.15, 0.2) is 0 Å². The number of hydrogen-bond acceptors (Lipinski definition) is 4. The number of unbranched alkanes of at least 4 members (excludes halogenated alkanes) is 2. The zero-order valence-electron chi connectivity index (χ0n) is 12.2. The lowest BCUT2D eigenvalue weighted by Crippen LogP contribution is -2.36. The second-order valence-electron chi connectivity index (χ2n) is 4.64. The summed E-state index contributed by atoms with van der Waals surface area (Å²) in [6.07, 6.45) is 3.50. The van der Waals surface area contributed by atoms with Crippen molar-refractivity contribution in [3.8, 4) is 0 Å². The Morgan fingerprint density at radius 1 is 0.588 bits per heavy atom. The largest absolute Gasteiger partial charge is 0.398 e. The predicted octanol–water partition coefficient (Wildman–Crippen LogP) is 2.89. The lowest BCUT2D eigenvalue weighted by Gasteiger charge is -2.24. The molecule has 0 aliphatic rings. The van der Waals surface area contributed by atoms with Crippen LogP contribution in [0.15, 0.2) is 0 Å². The Bertz CT molecular complexity index is 174. The predicted molar refractivity (Wildman–Crippen MR) is 74.7 cm³/mol. The van der Waals surface area contributed by atoms with Crippen LogP contribution in [0.3, 0.4) is 0 Å². The minimum Gasteiger partial charge on any atom is -0.398 e. The van der Waals surface area contributed by atoms with Gasteiger partial charge in [-0.2, -0.15) is 0 Å². The fraction of sp³-hybridized carbons (Fsp3) is 1.00. The van der Waals surface area contributed by atoms with E-state index in [9.17, 15) is 0 Å². The molecule has 0 radical (unpaired) electrons. The molecule has 0 saturated carbocycles. The second kappa shape index (κ2) is 8.39. The van der Waals surface area contributed by atoms with Gasteiger partial charge in [0.25, 0.3) is 0 Å². The Kier molecular flexibility index (Phi) is 8.52. The molecule has 0 unspecified atom stereocenters. The maximum atomic E-state index is 5.45. The average Bonchev–Trinajstić information content (AvgIpc) is 2.37. The van der Waals surface area contributed by atoms with Crippen molar-refractivity contribution < 1.29 is 17.7 Å². The van der Waals surface area contributed by atoms with Crippen LogP contribution in [0, 0.1) is 0 Å². The summed E-state index contributed by atoms with van der Waals surface area (Å²) in [4.78, 5) is 0. The summed E-state index contributed by atoms with van der Waals surface area (Å²) in [5, 5.41) is 0. The lowest BCUT2D eigenvalue weighted by molar-refractivity contribution is 0.245. The molecule has 0 atom stereocenters. The van der Waals surface area contributed by atoms with Gasteiger partial charge in [-0.25, -0.2) is 0 Å². The Morgan fingerprint density at radius 3 is 1.12 bits per heavy atom. The van der Waals surface area contributed by atoms with Crippen molar-refractivity contribution in [2.24, 2.45) is 0 Å². The van der Waals surface area contributed by atoms with Crippen molar-refractivity contribution in [3.63, 3.8) is 0 Å². The highest BCUT2D eigenvalue weighted by molar-refractivity contribution is 6.66. The van der Waals surface area contributed by atoms with E-state index >= 15 is 0 Å². The summed E-state index contributed by atoms with van der Waals surface area (Å²) in [6.45, 7) is 4.21. The molecule has 0 aliphatic heterocycles. The smallest absolute Gasteiger partial charge is 0.334 e. The van der Waals surface area contributed by atoms with Crippen molar-refractivity contribution >= 4 is 17.1 Å². The highest BCUT2D eigenvalue weighted by Gasteiger charge is 2.29. The van der Waals surface area contributed by atoms with Gasteiger partial charge in [-0.1, -0.05) is 19.3 Å². The van der Waals surface area contributed by atoms with E-state index in [1.165, 1.54) is 6.42 Å². The third-order valence-electron chi connectivity index (χ3n) is 3.49. The van der Waals surface area contributed by atoms with Crippen LogP contribution in [-0.4, -0.2) is 45.6 Å². The molecule has 0 heterocycles. The summed E-state index contributed by atoms with van der Waals surface area (Å²) >= 11 is 0. The standard InChI is InChI=1S/C11H28O4Si2/c1-12-16(5,13-2)10-8-7-9-11-17(6,14-3)15-4/h7-11H2,1-6H3. The quantitative estimate of drug-likeness (QED) is 0.455. The van der Waals surface area contributed by atoms with Crippen LogP contribution in [-0.2, 0) is 17.7 Å². The van der Waals surface area contributed by atoms with Gasteiger partial charge in [0.1, 0.15) is 0 Å². The van der Waals surface area contributed by atoms with E-state index < -0.39 is 17.1 Å². The summed E-state index contributed by atoms with van der Waals surface area (Å²) in [7, 11) is 3.26. The van der Waals surface area contributed by atoms with Crippen LogP contribution in [0.4, 0.5) is 0 Å². The summed E-state index contributed by atoms with van der Waals surface area (Å²) in [6, 6.07) is 2.11. The van der Waals surface area contributed by atoms with Crippen molar-refractivity contribution in [2.75, 3.05) is 28.4 Å². The molecule has 104 valence electrons. The van der Waals surface area contributed by atoms with Gasteiger partial charge in [-0.15, -0.1) is 0 Å². The minimum atomic E-state index is -1.86. The van der Waals surface area contributed by atoms with Crippen LogP contribution in [0.25, 0.3) is 0 Å². The van der Waals surface area contributed by atoms with E-state index in [0.29, 0.717) is 0 Å². The molecular weight excluding hydrogens is 252 g/mol. The van der Waals surface area contributed by atoms with Crippen LogP contribution in [0.1, 0.15) is 19.3 Å². The first-order chi connectivity index (χ1) is 7.95.